The van der Waals surface area contributed by atoms with Crippen LogP contribution in [-0.4, -0.2) is 32.5 Å². The van der Waals surface area contributed by atoms with Gasteiger partial charge in [0.2, 0.25) is 0 Å². The first-order valence-electron chi connectivity index (χ1n) is 7.91. The molecule has 0 saturated heterocycles. The van der Waals surface area contributed by atoms with E-state index in [4.69, 9.17) is 11.6 Å². The number of halogens is 1. The standard InChI is InChI=1S/C16H20ClN5O2/c1-10-20-21-15-13(3-2-8-22(10)15)18-16(24)19-14(9-23)11-4-6-12(17)7-5-11/h4-7,13-14,23H,2-3,8-9H2,1H3,(H2,18,19,24). The molecule has 0 bridgehead atoms. The largest absolute Gasteiger partial charge is 0.394 e. The number of rotatable bonds is 4. The maximum absolute atomic E-state index is 12.3. The Morgan fingerprint density at radius 1 is 1.42 bits per heavy atom. The summed E-state index contributed by atoms with van der Waals surface area (Å²) in [6, 6.07) is 6.00. The van der Waals surface area contributed by atoms with Crippen LogP contribution in [-0.2, 0) is 6.54 Å². The predicted octanol–water partition coefficient (Wildman–Crippen LogP) is 2.11. The van der Waals surface area contributed by atoms with Crippen LogP contribution >= 0.6 is 11.6 Å². The Bertz CT molecular complexity index is 716. The van der Waals surface area contributed by atoms with Gasteiger partial charge in [-0.25, -0.2) is 4.79 Å². The zero-order valence-electron chi connectivity index (χ0n) is 13.4. The number of aryl methyl sites for hydroxylation is 1. The molecule has 0 fully saturated rings. The molecule has 3 rings (SSSR count). The molecule has 1 aromatic heterocycles. The molecule has 2 atom stereocenters. The van der Waals surface area contributed by atoms with Crippen molar-refractivity contribution in [3.63, 3.8) is 0 Å². The minimum atomic E-state index is -0.495. The number of benzene rings is 1. The van der Waals surface area contributed by atoms with Gasteiger partial charge in [0.1, 0.15) is 5.82 Å². The summed E-state index contributed by atoms with van der Waals surface area (Å²) in [4.78, 5) is 12.3. The van der Waals surface area contributed by atoms with Gasteiger partial charge in [0.15, 0.2) is 5.82 Å². The van der Waals surface area contributed by atoms with Gasteiger partial charge in [0.25, 0.3) is 0 Å². The van der Waals surface area contributed by atoms with Crippen molar-refractivity contribution in [1.29, 1.82) is 0 Å². The minimum absolute atomic E-state index is 0.176. The quantitative estimate of drug-likeness (QED) is 0.788. The maximum atomic E-state index is 12.3. The lowest BCUT2D eigenvalue weighted by atomic mass is 10.1. The molecule has 0 aliphatic carbocycles. The maximum Gasteiger partial charge on any atom is 0.315 e. The number of urea groups is 1. The molecule has 1 aliphatic rings. The Morgan fingerprint density at radius 2 is 2.17 bits per heavy atom. The topological polar surface area (TPSA) is 92.1 Å². The zero-order valence-corrected chi connectivity index (χ0v) is 14.1. The third kappa shape index (κ3) is 3.52. The summed E-state index contributed by atoms with van der Waals surface area (Å²) in [5, 5.41) is 24.1. The minimum Gasteiger partial charge on any atom is -0.394 e. The number of nitrogens with zero attached hydrogens (tertiary/aromatic N) is 3. The molecule has 2 heterocycles. The molecule has 1 aliphatic heterocycles. The first-order chi connectivity index (χ1) is 11.6. The van der Waals surface area contributed by atoms with Crippen LogP contribution in [0.5, 0.6) is 0 Å². The number of nitrogens with one attached hydrogen (secondary N) is 2. The number of hydrogen-bond acceptors (Lipinski definition) is 4. The van der Waals surface area contributed by atoms with Gasteiger partial charge in [0, 0.05) is 11.6 Å². The molecular weight excluding hydrogens is 330 g/mol. The Hall–Kier alpha value is -2.12. The van der Waals surface area contributed by atoms with Gasteiger partial charge >= 0.3 is 6.03 Å². The van der Waals surface area contributed by atoms with Crippen molar-refractivity contribution in [2.24, 2.45) is 0 Å². The van der Waals surface area contributed by atoms with Crippen molar-refractivity contribution >= 4 is 17.6 Å². The highest BCUT2D eigenvalue weighted by Crippen LogP contribution is 2.24. The third-order valence-corrected chi connectivity index (χ3v) is 4.47. The van der Waals surface area contributed by atoms with Crippen molar-refractivity contribution in [1.82, 2.24) is 25.4 Å². The molecule has 0 spiro atoms. The SMILES string of the molecule is Cc1nnc2n1CCCC2NC(=O)NC(CO)c1ccc(Cl)cc1. The highest BCUT2D eigenvalue weighted by Gasteiger charge is 2.26. The molecule has 2 aromatic rings. The highest BCUT2D eigenvalue weighted by atomic mass is 35.5. The fourth-order valence-corrected chi connectivity index (χ4v) is 3.06. The van der Waals surface area contributed by atoms with Gasteiger partial charge in [-0.15, -0.1) is 10.2 Å². The van der Waals surface area contributed by atoms with Crippen LogP contribution in [0.2, 0.25) is 5.02 Å². The smallest absolute Gasteiger partial charge is 0.315 e. The normalized spacial score (nSPS) is 17.9. The van der Waals surface area contributed by atoms with Crippen LogP contribution in [0.25, 0.3) is 0 Å². The van der Waals surface area contributed by atoms with E-state index in [1.807, 2.05) is 11.5 Å². The van der Waals surface area contributed by atoms with Gasteiger partial charge in [-0.05, 0) is 37.5 Å². The number of aliphatic hydroxyl groups is 1. The Morgan fingerprint density at radius 3 is 2.88 bits per heavy atom. The van der Waals surface area contributed by atoms with E-state index < -0.39 is 6.04 Å². The Labute approximate surface area is 145 Å². The summed E-state index contributed by atoms with van der Waals surface area (Å²) in [6.07, 6.45) is 1.77. The summed E-state index contributed by atoms with van der Waals surface area (Å²) in [5.74, 6) is 1.63. The number of aromatic nitrogens is 3. The molecule has 7 nitrogen and oxygen atoms in total. The second-order valence-corrected chi connectivity index (χ2v) is 6.29. The van der Waals surface area contributed by atoms with Gasteiger partial charge in [-0.3, -0.25) is 0 Å². The molecule has 8 heteroatoms. The van der Waals surface area contributed by atoms with Crippen molar-refractivity contribution in [3.8, 4) is 0 Å². The van der Waals surface area contributed by atoms with Gasteiger partial charge in [-0.1, -0.05) is 23.7 Å². The highest BCUT2D eigenvalue weighted by molar-refractivity contribution is 6.30. The molecule has 3 N–H and O–H groups in total. The molecule has 24 heavy (non-hydrogen) atoms. The second kappa shape index (κ2) is 7.19. The number of aliphatic hydroxyl groups excluding tert-OH is 1. The Balaban J connectivity index is 1.66. The van der Waals surface area contributed by atoms with Crippen molar-refractivity contribution < 1.29 is 9.90 Å². The van der Waals surface area contributed by atoms with E-state index in [-0.39, 0.29) is 18.7 Å². The monoisotopic (exact) mass is 349 g/mol. The molecule has 0 radical (unpaired) electrons. The fourth-order valence-electron chi connectivity index (χ4n) is 2.94. The predicted molar refractivity (Wildman–Crippen MR) is 89.7 cm³/mol. The van der Waals surface area contributed by atoms with E-state index in [2.05, 4.69) is 20.8 Å². The number of fused-ring (bicyclic) bond motifs is 1. The molecule has 128 valence electrons. The van der Waals surface area contributed by atoms with Crippen LogP contribution in [0.1, 0.15) is 42.1 Å². The second-order valence-electron chi connectivity index (χ2n) is 5.86. The van der Waals surface area contributed by atoms with Crippen LogP contribution in [0, 0.1) is 6.92 Å². The average molecular weight is 350 g/mol. The first-order valence-corrected chi connectivity index (χ1v) is 8.29. The van der Waals surface area contributed by atoms with Crippen LogP contribution < -0.4 is 10.6 Å². The van der Waals surface area contributed by atoms with E-state index >= 15 is 0 Å². The number of carbonyl (C=O) groups excluding carboxylic acids is 1. The summed E-state index contributed by atoms with van der Waals surface area (Å²) in [5.41, 5.74) is 0.791. The van der Waals surface area contributed by atoms with E-state index in [1.165, 1.54) is 0 Å². The summed E-state index contributed by atoms with van der Waals surface area (Å²) >= 11 is 5.87. The summed E-state index contributed by atoms with van der Waals surface area (Å²) < 4.78 is 2.02. The van der Waals surface area contributed by atoms with E-state index in [0.717, 1.165) is 36.6 Å². The molecule has 2 amide bonds. The first kappa shape index (κ1) is 16.7. The van der Waals surface area contributed by atoms with Gasteiger partial charge in [-0.2, -0.15) is 0 Å². The molecule has 0 saturated carbocycles. The van der Waals surface area contributed by atoms with E-state index in [9.17, 15) is 9.90 Å². The van der Waals surface area contributed by atoms with Crippen molar-refractivity contribution in [2.75, 3.05) is 6.61 Å². The number of amides is 2. The molecule has 1 aromatic carbocycles. The average Bonchev–Trinajstić information content (AvgIpc) is 2.96. The van der Waals surface area contributed by atoms with Crippen LogP contribution in [0.15, 0.2) is 24.3 Å². The molecular formula is C16H20ClN5O2. The van der Waals surface area contributed by atoms with Crippen molar-refractivity contribution in [2.45, 2.75) is 38.4 Å². The summed E-state index contributed by atoms with van der Waals surface area (Å²) in [7, 11) is 0. The fraction of sp³-hybridized carbons (Fsp3) is 0.438. The lowest BCUT2D eigenvalue weighted by Gasteiger charge is -2.25. The van der Waals surface area contributed by atoms with Crippen LogP contribution in [0.3, 0.4) is 0 Å². The number of hydrogen-bond donors (Lipinski definition) is 3. The van der Waals surface area contributed by atoms with Gasteiger partial charge < -0.3 is 20.3 Å². The third-order valence-electron chi connectivity index (χ3n) is 4.22. The van der Waals surface area contributed by atoms with Crippen molar-refractivity contribution in [3.05, 3.63) is 46.5 Å². The molecule has 2 unspecified atom stereocenters. The Kier molecular flexibility index (Phi) is 5.01. The zero-order chi connectivity index (χ0) is 17.1. The van der Waals surface area contributed by atoms with Gasteiger partial charge in [0.05, 0.1) is 18.7 Å². The van der Waals surface area contributed by atoms with E-state index in [0.29, 0.717) is 5.02 Å². The lowest BCUT2D eigenvalue weighted by Crippen LogP contribution is -2.42. The lowest BCUT2D eigenvalue weighted by molar-refractivity contribution is 0.211. The number of carbonyl (C=O) groups is 1. The summed E-state index contributed by atoms with van der Waals surface area (Å²) in [6.45, 7) is 2.58. The van der Waals surface area contributed by atoms with E-state index in [1.54, 1.807) is 24.3 Å². The van der Waals surface area contributed by atoms with Crippen LogP contribution in [0.4, 0.5) is 4.79 Å².